The number of amides is 1. The van der Waals surface area contributed by atoms with Crippen LogP contribution < -0.4 is 10.4 Å². The van der Waals surface area contributed by atoms with Crippen molar-refractivity contribution in [1.82, 2.24) is 19.2 Å². The fourth-order valence-electron chi connectivity index (χ4n) is 4.33. The monoisotopic (exact) mass is 488 g/mol. The molecule has 0 radical (unpaired) electrons. The second-order valence-corrected chi connectivity index (χ2v) is 10.8. The summed E-state index contributed by atoms with van der Waals surface area (Å²) in [7, 11) is -3.81. The Bertz CT molecular complexity index is 1260. The van der Waals surface area contributed by atoms with Crippen LogP contribution in [0.1, 0.15) is 25.3 Å². The van der Waals surface area contributed by atoms with Gasteiger partial charge in [-0.3, -0.25) is 9.36 Å². The van der Waals surface area contributed by atoms with Crippen LogP contribution in [0, 0.1) is 0 Å². The van der Waals surface area contributed by atoms with E-state index < -0.39 is 16.1 Å². The minimum atomic E-state index is -3.81. The number of rotatable bonds is 8. The van der Waals surface area contributed by atoms with Crippen LogP contribution in [0.25, 0.3) is 11.0 Å². The molecule has 2 aromatic carbocycles. The second-order valence-electron chi connectivity index (χ2n) is 8.14. The van der Waals surface area contributed by atoms with E-state index in [1.165, 1.54) is 12.1 Å². The van der Waals surface area contributed by atoms with Crippen LogP contribution in [0.15, 0.2) is 64.3 Å². The van der Waals surface area contributed by atoms with Crippen LogP contribution in [0.5, 0.6) is 0 Å². The maximum atomic E-state index is 13.3. The number of hydrogen-bond donors (Lipinski definition) is 2. The number of sulfonamides is 1. The predicted octanol–water partition coefficient (Wildman–Crippen LogP) is 2.59. The van der Waals surface area contributed by atoms with Gasteiger partial charge in [-0.2, -0.15) is 16.5 Å². The summed E-state index contributed by atoms with van der Waals surface area (Å²) in [5.74, 6) is 0.447. The van der Waals surface area contributed by atoms with Gasteiger partial charge in [0.2, 0.25) is 15.9 Å². The van der Waals surface area contributed by atoms with Gasteiger partial charge >= 0.3 is 5.69 Å². The Morgan fingerprint density at radius 2 is 1.79 bits per heavy atom. The molecule has 1 aliphatic rings. The Morgan fingerprint density at radius 3 is 2.48 bits per heavy atom. The first-order valence-electron chi connectivity index (χ1n) is 10.9. The van der Waals surface area contributed by atoms with Crippen LogP contribution in [0.3, 0.4) is 0 Å². The molecule has 1 saturated heterocycles. The van der Waals surface area contributed by atoms with Crippen molar-refractivity contribution in [3.63, 3.8) is 0 Å². The molecule has 2 N–H and O–H groups in total. The Hall–Kier alpha value is -2.56. The second kappa shape index (κ2) is 10.1. The number of likely N-dealkylation sites (tertiary alicyclic amines) is 1. The summed E-state index contributed by atoms with van der Waals surface area (Å²) >= 11 is 1.57. The summed E-state index contributed by atoms with van der Waals surface area (Å²) in [6.07, 6.45) is 3.61. The number of aromatic amines is 1. The molecule has 1 unspecified atom stereocenters. The van der Waals surface area contributed by atoms with Crippen molar-refractivity contribution < 1.29 is 13.2 Å². The van der Waals surface area contributed by atoms with Crippen LogP contribution in [0.4, 0.5) is 0 Å². The Morgan fingerprint density at radius 1 is 1.12 bits per heavy atom. The van der Waals surface area contributed by atoms with E-state index in [1.807, 2.05) is 30.5 Å². The van der Waals surface area contributed by atoms with Crippen LogP contribution in [-0.4, -0.2) is 59.9 Å². The lowest BCUT2D eigenvalue weighted by Crippen LogP contribution is -2.51. The van der Waals surface area contributed by atoms with Gasteiger partial charge in [-0.1, -0.05) is 30.3 Å². The van der Waals surface area contributed by atoms with Gasteiger partial charge in [0.15, 0.2) is 0 Å². The number of H-pyrrole nitrogens is 1. The molecule has 4 rings (SSSR count). The van der Waals surface area contributed by atoms with Crippen molar-refractivity contribution in [3.8, 4) is 0 Å². The third-order valence-corrected chi connectivity index (χ3v) is 8.16. The lowest BCUT2D eigenvalue weighted by Gasteiger charge is -2.34. The number of fused-ring (bicyclic) bond motifs is 1. The van der Waals surface area contributed by atoms with E-state index in [9.17, 15) is 18.0 Å². The first kappa shape index (κ1) is 23.6. The van der Waals surface area contributed by atoms with Gasteiger partial charge in [-0.15, -0.1) is 0 Å². The van der Waals surface area contributed by atoms with E-state index in [1.54, 1.807) is 39.4 Å². The van der Waals surface area contributed by atoms with E-state index in [-0.39, 0.29) is 22.5 Å². The average Bonchev–Trinajstić information content (AvgIpc) is 3.17. The van der Waals surface area contributed by atoms with Gasteiger partial charge in [0.05, 0.1) is 15.9 Å². The highest BCUT2D eigenvalue weighted by molar-refractivity contribution is 7.98. The number of nitrogens with one attached hydrogen (secondary N) is 2. The van der Waals surface area contributed by atoms with E-state index >= 15 is 0 Å². The summed E-state index contributed by atoms with van der Waals surface area (Å²) in [5, 5.41) is 0. The zero-order chi connectivity index (χ0) is 23.4. The Kier molecular flexibility index (Phi) is 7.26. The molecule has 8 nitrogen and oxygen atoms in total. The van der Waals surface area contributed by atoms with Gasteiger partial charge in [0.25, 0.3) is 0 Å². The highest BCUT2D eigenvalue weighted by Gasteiger charge is 2.32. The molecule has 3 aromatic rings. The highest BCUT2D eigenvalue weighted by atomic mass is 32.2. The molecule has 0 spiro atoms. The van der Waals surface area contributed by atoms with Gasteiger partial charge in [-0.25, -0.2) is 13.2 Å². The van der Waals surface area contributed by atoms with Gasteiger partial charge in [0, 0.05) is 19.1 Å². The van der Waals surface area contributed by atoms with Crippen molar-refractivity contribution >= 4 is 38.7 Å². The minimum absolute atomic E-state index is 0.0108. The molecule has 1 aliphatic heterocycles. The number of hydrogen-bond acceptors (Lipinski definition) is 5. The molecule has 0 saturated carbocycles. The molecule has 1 amide bonds. The first-order valence-corrected chi connectivity index (χ1v) is 13.8. The van der Waals surface area contributed by atoms with Crippen molar-refractivity contribution in [2.45, 2.75) is 36.2 Å². The number of piperidine rings is 1. The number of imidazole rings is 1. The van der Waals surface area contributed by atoms with Crippen molar-refractivity contribution in [1.29, 1.82) is 0 Å². The van der Waals surface area contributed by atoms with Gasteiger partial charge < -0.3 is 9.88 Å². The van der Waals surface area contributed by atoms with Crippen molar-refractivity contribution in [2.24, 2.45) is 0 Å². The molecular formula is C23H28N4O4S2. The number of para-hydroxylation sites is 2. The molecule has 0 bridgehead atoms. The smallest absolute Gasteiger partial charge is 0.326 e. The molecule has 33 heavy (non-hydrogen) atoms. The lowest BCUT2D eigenvalue weighted by atomic mass is 10.0. The molecule has 2 heterocycles. The minimum Gasteiger partial charge on any atom is -0.341 e. The van der Waals surface area contributed by atoms with E-state index in [0.717, 1.165) is 11.0 Å². The van der Waals surface area contributed by atoms with Crippen molar-refractivity contribution in [3.05, 3.63) is 65.1 Å². The largest absolute Gasteiger partial charge is 0.341 e. The summed E-state index contributed by atoms with van der Waals surface area (Å²) in [4.78, 5) is 30.6. The number of carbonyl (C=O) groups is 1. The molecule has 1 aromatic heterocycles. The zero-order valence-corrected chi connectivity index (χ0v) is 20.1. The van der Waals surface area contributed by atoms with Crippen LogP contribution >= 0.6 is 11.8 Å². The summed E-state index contributed by atoms with van der Waals surface area (Å²) in [6.45, 7) is 0.941. The normalized spacial score (nSPS) is 16.2. The van der Waals surface area contributed by atoms with Gasteiger partial charge in [0.1, 0.15) is 6.04 Å². The fraction of sp³-hybridized carbons (Fsp3) is 0.391. The van der Waals surface area contributed by atoms with E-state index in [4.69, 9.17) is 0 Å². The Labute approximate surface area is 197 Å². The lowest BCUT2D eigenvalue weighted by molar-refractivity contribution is -0.134. The van der Waals surface area contributed by atoms with Crippen molar-refractivity contribution in [2.75, 3.05) is 25.1 Å². The maximum Gasteiger partial charge on any atom is 0.326 e. The number of carbonyl (C=O) groups excluding carboxylic acids is 1. The third kappa shape index (κ3) is 5.18. The predicted molar refractivity (Wildman–Crippen MR) is 131 cm³/mol. The summed E-state index contributed by atoms with van der Waals surface area (Å²) in [6, 6.07) is 14.8. The first-order chi connectivity index (χ1) is 15.9. The molecule has 0 aliphatic carbocycles. The zero-order valence-electron chi connectivity index (χ0n) is 18.4. The topological polar surface area (TPSA) is 104 Å². The van der Waals surface area contributed by atoms with E-state index in [0.29, 0.717) is 38.1 Å². The molecular weight excluding hydrogens is 460 g/mol. The van der Waals surface area contributed by atoms with Crippen LogP contribution in [-0.2, 0) is 14.8 Å². The number of benzene rings is 2. The van der Waals surface area contributed by atoms with E-state index in [2.05, 4.69) is 9.71 Å². The Balaban J connectivity index is 1.47. The number of nitrogens with zero attached hydrogens (tertiary/aromatic N) is 2. The summed E-state index contributed by atoms with van der Waals surface area (Å²) in [5.41, 5.74) is 1.52. The molecule has 176 valence electrons. The van der Waals surface area contributed by atoms with Gasteiger partial charge in [-0.05, 0) is 55.5 Å². The molecule has 1 atom stereocenters. The number of aromatic nitrogens is 2. The third-order valence-electron chi connectivity index (χ3n) is 6.02. The summed E-state index contributed by atoms with van der Waals surface area (Å²) < 4.78 is 30.1. The molecule has 1 fully saturated rings. The highest BCUT2D eigenvalue weighted by Crippen LogP contribution is 2.25. The molecule has 10 heteroatoms. The fourth-order valence-corrected chi connectivity index (χ4v) is 6.04. The number of thioether (sulfide) groups is 1. The average molecular weight is 489 g/mol. The maximum absolute atomic E-state index is 13.3. The quantitative estimate of drug-likeness (QED) is 0.507. The SMILES string of the molecule is CSCCC(NS(=O)(=O)c1ccccc1)C(=O)N1CCC(n2c(=O)[nH]c3ccccc32)CC1. The van der Waals surface area contributed by atoms with Crippen LogP contribution in [0.2, 0.25) is 0 Å². The standard InChI is InChI=1S/C23H28N4O4S2/c1-32-16-13-20(25-33(30,31)18-7-3-2-4-8-18)22(28)26-14-11-17(12-15-26)27-21-10-6-5-9-19(21)24-23(27)29/h2-10,17,20,25H,11-16H2,1H3,(H,24,29).